The highest BCUT2D eigenvalue weighted by Crippen LogP contribution is 2.18. The molecule has 1 unspecified atom stereocenters. The topological polar surface area (TPSA) is 46.5 Å². The maximum Gasteiger partial charge on any atom is 0.358 e. The smallest absolute Gasteiger partial charge is 0.358 e. The Morgan fingerprint density at radius 1 is 1.78 bits per heavy atom. The minimum absolute atomic E-state index is 0.454. The van der Waals surface area contributed by atoms with Crippen molar-refractivity contribution in [3.8, 4) is 5.06 Å². The molecule has 1 aromatic heterocycles. The Morgan fingerprint density at radius 2 is 2.56 bits per heavy atom. The molecule has 1 atom stereocenters. The van der Waals surface area contributed by atoms with Gasteiger partial charge in [0.2, 0.25) is 0 Å². The van der Waals surface area contributed by atoms with Gasteiger partial charge in [-0.05, 0) is 17.5 Å². The highest BCUT2D eigenvalue weighted by molar-refractivity contribution is 7.74. The summed E-state index contributed by atoms with van der Waals surface area (Å²) in [5.74, 6) is 0. The zero-order valence-corrected chi connectivity index (χ0v) is 5.95. The molecule has 0 aliphatic heterocycles. The Hall–Kier alpha value is -0.390. The minimum atomic E-state index is -2.18. The maximum atomic E-state index is 9.96. The van der Waals surface area contributed by atoms with Crippen molar-refractivity contribution in [2.75, 3.05) is 0 Å². The lowest BCUT2D eigenvalue weighted by atomic mass is 10.7. The van der Waals surface area contributed by atoms with Crippen LogP contribution in [-0.4, -0.2) is 8.76 Å². The summed E-state index contributed by atoms with van der Waals surface area (Å²) in [6.45, 7) is 0. The monoisotopic (exact) mass is 164 g/mol. The fourth-order valence-electron chi connectivity index (χ4n) is 0.381. The third-order valence-electron chi connectivity index (χ3n) is 0.648. The minimum Gasteiger partial charge on any atom is -0.369 e. The van der Waals surface area contributed by atoms with E-state index in [1.807, 2.05) is 0 Å². The lowest BCUT2D eigenvalue weighted by Gasteiger charge is -1.90. The molecule has 0 amide bonds. The average molecular weight is 164 g/mol. The Kier molecular flexibility index (Phi) is 2.21. The predicted octanol–water partition coefficient (Wildman–Crippen LogP) is 1.26. The second-order valence-electron chi connectivity index (χ2n) is 1.23. The summed E-state index contributed by atoms with van der Waals surface area (Å²) in [7, 11) is 0. The van der Waals surface area contributed by atoms with E-state index in [-0.39, 0.29) is 0 Å². The van der Waals surface area contributed by atoms with E-state index in [1.165, 1.54) is 11.3 Å². The molecule has 50 valence electrons. The fourth-order valence-corrected chi connectivity index (χ4v) is 1.36. The van der Waals surface area contributed by atoms with Crippen LogP contribution in [0.3, 0.4) is 0 Å². The third kappa shape index (κ3) is 2.13. The highest BCUT2D eigenvalue weighted by atomic mass is 32.2. The van der Waals surface area contributed by atoms with Crippen LogP contribution in [0, 0.1) is 0 Å². The summed E-state index contributed by atoms with van der Waals surface area (Å²) in [4.78, 5) is 0. The van der Waals surface area contributed by atoms with Gasteiger partial charge in [-0.2, -0.15) is 4.21 Å². The lowest BCUT2D eigenvalue weighted by Crippen LogP contribution is -1.94. The van der Waals surface area contributed by atoms with Crippen LogP contribution in [0.15, 0.2) is 17.5 Å². The number of hydrogen-bond donors (Lipinski definition) is 1. The van der Waals surface area contributed by atoms with Gasteiger partial charge in [0.15, 0.2) is 5.06 Å². The summed E-state index contributed by atoms with van der Waals surface area (Å²) in [5.41, 5.74) is 0. The van der Waals surface area contributed by atoms with Gasteiger partial charge in [-0.1, -0.05) is 0 Å². The summed E-state index contributed by atoms with van der Waals surface area (Å²) >= 11 is -0.909. The molecule has 1 aromatic rings. The van der Waals surface area contributed by atoms with Crippen molar-refractivity contribution < 1.29 is 12.9 Å². The van der Waals surface area contributed by atoms with Crippen LogP contribution in [0.5, 0.6) is 5.06 Å². The maximum absolute atomic E-state index is 9.96. The molecule has 1 heterocycles. The number of thiophene rings is 1. The van der Waals surface area contributed by atoms with Gasteiger partial charge in [0.05, 0.1) is 0 Å². The molecule has 0 radical (unpaired) electrons. The van der Waals surface area contributed by atoms with Crippen molar-refractivity contribution >= 4 is 22.7 Å². The van der Waals surface area contributed by atoms with E-state index in [0.29, 0.717) is 5.06 Å². The Bertz CT molecular complexity index is 194. The molecule has 1 N–H and O–H groups in total. The first-order valence-corrected chi connectivity index (χ1v) is 4.03. The molecule has 0 aliphatic rings. The van der Waals surface area contributed by atoms with Crippen molar-refractivity contribution in [3.05, 3.63) is 17.5 Å². The van der Waals surface area contributed by atoms with E-state index >= 15 is 0 Å². The Morgan fingerprint density at radius 3 is 3.00 bits per heavy atom. The zero-order chi connectivity index (χ0) is 6.69. The molecule has 0 aliphatic carbocycles. The number of hydrogen-bond acceptors (Lipinski definition) is 3. The normalized spacial score (nSPS) is 13.0. The molecule has 0 aromatic carbocycles. The van der Waals surface area contributed by atoms with Gasteiger partial charge in [-0.15, -0.1) is 11.3 Å². The molecular weight excluding hydrogens is 160 g/mol. The second-order valence-corrected chi connectivity index (χ2v) is 2.74. The molecule has 0 saturated carbocycles. The average Bonchev–Trinajstić information content (AvgIpc) is 2.15. The highest BCUT2D eigenvalue weighted by Gasteiger charge is 1.95. The molecule has 9 heavy (non-hydrogen) atoms. The summed E-state index contributed by atoms with van der Waals surface area (Å²) < 4.78 is 22.5. The van der Waals surface area contributed by atoms with E-state index in [9.17, 15) is 4.21 Å². The Balaban J connectivity index is 2.58. The molecular formula is C4H4O3S2. The van der Waals surface area contributed by atoms with Crippen LogP contribution in [0.4, 0.5) is 0 Å². The molecule has 0 saturated heterocycles. The molecule has 5 heteroatoms. The Labute approximate surface area is 58.8 Å². The van der Waals surface area contributed by atoms with Gasteiger partial charge in [-0.25, -0.2) is 0 Å². The van der Waals surface area contributed by atoms with Crippen LogP contribution >= 0.6 is 11.3 Å². The third-order valence-corrected chi connectivity index (χ3v) is 1.82. The first kappa shape index (κ1) is 6.73. The first-order valence-electron chi connectivity index (χ1n) is 2.12. The standard InChI is InChI=1S/C4H4O3S2/c5-9(6)7-4-2-1-3-8-4/h1-3H,(H,5,6). The van der Waals surface area contributed by atoms with Crippen molar-refractivity contribution in [1.29, 1.82) is 0 Å². The van der Waals surface area contributed by atoms with Gasteiger partial charge in [0.1, 0.15) is 0 Å². The zero-order valence-electron chi connectivity index (χ0n) is 4.31. The fraction of sp³-hybridized carbons (Fsp3) is 0. The molecule has 1 rings (SSSR count). The summed E-state index contributed by atoms with van der Waals surface area (Å²) in [6, 6.07) is 3.37. The van der Waals surface area contributed by atoms with Crippen molar-refractivity contribution in [2.45, 2.75) is 0 Å². The lowest BCUT2D eigenvalue weighted by molar-refractivity contribution is 0.463. The van der Waals surface area contributed by atoms with E-state index in [2.05, 4.69) is 4.18 Å². The van der Waals surface area contributed by atoms with E-state index in [1.54, 1.807) is 17.5 Å². The summed E-state index contributed by atoms with van der Waals surface area (Å²) in [5, 5.41) is 2.22. The number of rotatable bonds is 2. The summed E-state index contributed by atoms with van der Waals surface area (Å²) in [6.07, 6.45) is 0. The quantitative estimate of drug-likeness (QED) is 0.669. The van der Waals surface area contributed by atoms with Crippen molar-refractivity contribution in [3.63, 3.8) is 0 Å². The van der Waals surface area contributed by atoms with Crippen LogP contribution in [0.2, 0.25) is 0 Å². The molecule has 3 nitrogen and oxygen atoms in total. The van der Waals surface area contributed by atoms with Crippen LogP contribution in [0.1, 0.15) is 0 Å². The van der Waals surface area contributed by atoms with Gasteiger partial charge < -0.3 is 4.18 Å². The second kappa shape index (κ2) is 2.95. The van der Waals surface area contributed by atoms with Crippen molar-refractivity contribution in [2.24, 2.45) is 0 Å². The van der Waals surface area contributed by atoms with Crippen LogP contribution in [-0.2, 0) is 11.4 Å². The van der Waals surface area contributed by atoms with Crippen LogP contribution < -0.4 is 4.18 Å². The van der Waals surface area contributed by atoms with E-state index < -0.39 is 11.4 Å². The largest absolute Gasteiger partial charge is 0.369 e. The SMILES string of the molecule is O=S(O)Oc1cccs1. The predicted molar refractivity (Wildman–Crippen MR) is 35.7 cm³/mol. The van der Waals surface area contributed by atoms with Gasteiger partial charge >= 0.3 is 11.4 Å². The molecule has 0 bridgehead atoms. The van der Waals surface area contributed by atoms with Gasteiger partial charge in [0, 0.05) is 0 Å². The first-order chi connectivity index (χ1) is 4.29. The van der Waals surface area contributed by atoms with Gasteiger partial charge in [0.25, 0.3) is 0 Å². The molecule has 0 fully saturated rings. The molecule has 0 spiro atoms. The van der Waals surface area contributed by atoms with Crippen molar-refractivity contribution in [1.82, 2.24) is 0 Å². The van der Waals surface area contributed by atoms with Gasteiger partial charge in [-0.3, -0.25) is 4.55 Å². The van der Waals surface area contributed by atoms with Crippen LogP contribution in [0.25, 0.3) is 0 Å². The van der Waals surface area contributed by atoms with E-state index in [0.717, 1.165) is 0 Å². The van der Waals surface area contributed by atoms with E-state index in [4.69, 9.17) is 4.55 Å².